The number of thiazole rings is 2. The molecule has 9 heteroatoms. The van der Waals surface area contributed by atoms with E-state index >= 15 is 0 Å². The lowest BCUT2D eigenvalue weighted by Crippen LogP contribution is -2.11. The SMILES string of the molecule is CCCc1ccc(C(N)=O)cc1Nc1nc(-c2sc(NC(C)=O)nc2C)cs1. The van der Waals surface area contributed by atoms with Gasteiger partial charge in [0.1, 0.15) is 0 Å². The molecule has 3 rings (SSSR count). The highest BCUT2D eigenvalue weighted by atomic mass is 32.1. The molecule has 0 unspecified atom stereocenters. The molecule has 0 radical (unpaired) electrons. The fourth-order valence-electron chi connectivity index (χ4n) is 2.72. The predicted molar refractivity (Wildman–Crippen MR) is 115 cm³/mol. The molecule has 2 heterocycles. The number of nitrogens with one attached hydrogen (secondary N) is 2. The van der Waals surface area contributed by atoms with Crippen LogP contribution in [0.15, 0.2) is 23.6 Å². The quantitative estimate of drug-likeness (QED) is 0.532. The summed E-state index contributed by atoms with van der Waals surface area (Å²) in [4.78, 5) is 32.7. The van der Waals surface area contributed by atoms with Crippen molar-refractivity contribution >= 4 is 50.4 Å². The van der Waals surface area contributed by atoms with Crippen molar-refractivity contribution in [2.45, 2.75) is 33.6 Å². The zero-order chi connectivity index (χ0) is 20.3. The predicted octanol–water partition coefficient (Wildman–Crippen LogP) is 4.33. The minimum absolute atomic E-state index is 0.154. The average molecular weight is 416 g/mol. The van der Waals surface area contributed by atoms with E-state index in [0.29, 0.717) is 15.8 Å². The molecule has 0 spiro atoms. The number of benzene rings is 1. The van der Waals surface area contributed by atoms with E-state index in [0.717, 1.165) is 40.4 Å². The lowest BCUT2D eigenvalue weighted by Gasteiger charge is -2.11. The molecule has 0 aliphatic carbocycles. The topological polar surface area (TPSA) is 110 Å². The Balaban J connectivity index is 1.87. The molecule has 0 aliphatic heterocycles. The van der Waals surface area contributed by atoms with E-state index < -0.39 is 5.91 Å². The molecule has 0 fully saturated rings. The first-order chi connectivity index (χ1) is 13.4. The molecule has 3 aromatic rings. The van der Waals surface area contributed by atoms with Crippen LogP contribution >= 0.6 is 22.7 Å². The van der Waals surface area contributed by atoms with E-state index in [1.165, 1.54) is 29.6 Å². The third-order valence-electron chi connectivity index (χ3n) is 3.97. The molecule has 146 valence electrons. The first-order valence-corrected chi connectivity index (χ1v) is 10.5. The number of nitrogens with zero attached hydrogens (tertiary/aromatic N) is 2. The summed E-state index contributed by atoms with van der Waals surface area (Å²) in [6.07, 6.45) is 1.87. The summed E-state index contributed by atoms with van der Waals surface area (Å²) in [5, 5.41) is 9.23. The van der Waals surface area contributed by atoms with E-state index in [2.05, 4.69) is 27.5 Å². The summed E-state index contributed by atoms with van der Waals surface area (Å²) >= 11 is 2.86. The van der Waals surface area contributed by atoms with Crippen LogP contribution in [0.3, 0.4) is 0 Å². The summed E-state index contributed by atoms with van der Waals surface area (Å²) in [6, 6.07) is 5.44. The third kappa shape index (κ3) is 4.55. The molecule has 4 N–H and O–H groups in total. The third-order valence-corrected chi connectivity index (χ3v) is 5.82. The minimum atomic E-state index is -0.461. The number of anilines is 3. The molecule has 0 saturated heterocycles. The van der Waals surface area contributed by atoms with Crippen LogP contribution in [0.5, 0.6) is 0 Å². The van der Waals surface area contributed by atoms with E-state index in [1.54, 1.807) is 12.1 Å². The molecule has 0 atom stereocenters. The Bertz CT molecular complexity index is 1030. The zero-order valence-corrected chi connectivity index (χ0v) is 17.5. The van der Waals surface area contributed by atoms with Crippen LogP contribution < -0.4 is 16.4 Å². The zero-order valence-electron chi connectivity index (χ0n) is 15.8. The van der Waals surface area contributed by atoms with Gasteiger partial charge in [0.05, 0.1) is 16.3 Å². The van der Waals surface area contributed by atoms with Gasteiger partial charge in [0.2, 0.25) is 11.8 Å². The number of aromatic nitrogens is 2. The highest BCUT2D eigenvalue weighted by Gasteiger charge is 2.15. The molecular weight excluding hydrogens is 394 g/mol. The van der Waals surface area contributed by atoms with Crippen LogP contribution in [0.25, 0.3) is 10.6 Å². The van der Waals surface area contributed by atoms with Gasteiger partial charge in [-0.05, 0) is 31.0 Å². The molecule has 0 saturated carbocycles. The Morgan fingerprint density at radius 1 is 1.21 bits per heavy atom. The van der Waals surface area contributed by atoms with Gasteiger partial charge in [0.15, 0.2) is 10.3 Å². The van der Waals surface area contributed by atoms with Crippen molar-refractivity contribution in [3.8, 4) is 10.6 Å². The Hall–Kier alpha value is -2.78. The molecular formula is C19H21N5O2S2. The standard InChI is InChI=1S/C19H21N5O2S2/c1-4-5-12-6-7-13(17(20)26)8-14(12)23-18-24-15(9-27-18)16-10(2)21-19(28-16)22-11(3)25/h6-9H,4-5H2,1-3H3,(H2,20,26)(H,23,24)(H,21,22,25). The molecule has 0 aliphatic rings. The number of hydrogen-bond acceptors (Lipinski definition) is 7. The summed E-state index contributed by atoms with van der Waals surface area (Å²) in [5.74, 6) is -0.615. The second-order valence-electron chi connectivity index (χ2n) is 6.26. The maximum absolute atomic E-state index is 11.5. The Kier molecular flexibility index (Phi) is 6.05. The number of nitrogens with two attached hydrogens (primary N) is 1. The molecule has 1 aromatic carbocycles. The number of hydrogen-bond donors (Lipinski definition) is 3. The van der Waals surface area contributed by atoms with Gasteiger partial charge in [-0.2, -0.15) is 0 Å². The van der Waals surface area contributed by atoms with E-state index in [4.69, 9.17) is 5.73 Å². The van der Waals surface area contributed by atoms with Crippen molar-refractivity contribution in [3.63, 3.8) is 0 Å². The summed E-state index contributed by atoms with van der Waals surface area (Å²) in [7, 11) is 0. The van der Waals surface area contributed by atoms with Crippen molar-refractivity contribution in [1.82, 2.24) is 9.97 Å². The summed E-state index contributed by atoms with van der Waals surface area (Å²) in [6.45, 7) is 5.45. The van der Waals surface area contributed by atoms with E-state index in [1.807, 2.05) is 18.4 Å². The van der Waals surface area contributed by atoms with Gasteiger partial charge in [0.25, 0.3) is 0 Å². The lowest BCUT2D eigenvalue weighted by atomic mass is 10.0. The Morgan fingerprint density at radius 3 is 2.68 bits per heavy atom. The number of amides is 2. The van der Waals surface area contributed by atoms with Crippen LogP contribution in [0.2, 0.25) is 0 Å². The highest BCUT2D eigenvalue weighted by molar-refractivity contribution is 7.20. The van der Waals surface area contributed by atoms with Crippen molar-refractivity contribution in [2.75, 3.05) is 10.6 Å². The van der Waals surface area contributed by atoms with Gasteiger partial charge in [-0.25, -0.2) is 9.97 Å². The fraction of sp³-hybridized carbons (Fsp3) is 0.263. The highest BCUT2D eigenvalue weighted by Crippen LogP contribution is 2.35. The summed E-state index contributed by atoms with van der Waals surface area (Å²) in [5.41, 5.74) is 9.42. The second-order valence-corrected chi connectivity index (χ2v) is 8.12. The largest absolute Gasteiger partial charge is 0.366 e. The Morgan fingerprint density at radius 2 is 2.00 bits per heavy atom. The molecule has 0 bridgehead atoms. The minimum Gasteiger partial charge on any atom is -0.366 e. The first kappa shape index (κ1) is 20.0. The number of rotatable bonds is 7. The fourth-order valence-corrected chi connectivity index (χ4v) is 4.48. The maximum Gasteiger partial charge on any atom is 0.248 e. The van der Waals surface area contributed by atoms with Gasteiger partial charge < -0.3 is 16.4 Å². The number of carbonyl (C=O) groups excluding carboxylic acids is 2. The van der Waals surface area contributed by atoms with Crippen LogP contribution in [0.1, 0.15) is 41.9 Å². The van der Waals surface area contributed by atoms with E-state index in [9.17, 15) is 9.59 Å². The lowest BCUT2D eigenvalue weighted by molar-refractivity contribution is -0.114. The van der Waals surface area contributed by atoms with Crippen LogP contribution in [-0.2, 0) is 11.2 Å². The van der Waals surface area contributed by atoms with Crippen LogP contribution in [0, 0.1) is 6.92 Å². The normalized spacial score (nSPS) is 10.7. The molecule has 2 aromatic heterocycles. The summed E-state index contributed by atoms with van der Waals surface area (Å²) < 4.78 is 0. The smallest absolute Gasteiger partial charge is 0.248 e. The van der Waals surface area contributed by atoms with Gasteiger partial charge in [0, 0.05) is 23.6 Å². The molecule has 28 heavy (non-hydrogen) atoms. The second kappa shape index (κ2) is 8.49. The number of carbonyl (C=O) groups is 2. The van der Waals surface area contributed by atoms with Crippen molar-refractivity contribution in [1.29, 1.82) is 0 Å². The average Bonchev–Trinajstić information content (AvgIpc) is 3.22. The van der Waals surface area contributed by atoms with Gasteiger partial charge in [-0.3, -0.25) is 9.59 Å². The monoisotopic (exact) mass is 415 g/mol. The first-order valence-electron chi connectivity index (χ1n) is 8.78. The van der Waals surface area contributed by atoms with Crippen LogP contribution in [-0.4, -0.2) is 21.8 Å². The molecule has 7 nitrogen and oxygen atoms in total. The maximum atomic E-state index is 11.5. The molecule has 2 amide bonds. The number of aryl methyl sites for hydroxylation is 2. The van der Waals surface area contributed by atoms with Crippen molar-refractivity contribution in [2.24, 2.45) is 5.73 Å². The van der Waals surface area contributed by atoms with Gasteiger partial charge in [-0.15, -0.1) is 11.3 Å². The number of primary amides is 1. The van der Waals surface area contributed by atoms with E-state index in [-0.39, 0.29) is 5.91 Å². The van der Waals surface area contributed by atoms with Crippen molar-refractivity contribution in [3.05, 3.63) is 40.4 Å². The van der Waals surface area contributed by atoms with Gasteiger partial charge >= 0.3 is 0 Å². The Labute approximate surface area is 171 Å². The van der Waals surface area contributed by atoms with Crippen LogP contribution in [0.4, 0.5) is 16.0 Å². The van der Waals surface area contributed by atoms with Crippen molar-refractivity contribution < 1.29 is 9.59 Å². The van der Waals surface area contributed by atoms with Gasteiger partial charge in [-0.1, -0.05) is 30.7 Å².